The van der Waals surface area contributed by atoms with Crippen molar-refractivity contribution < 1.29 is 9.47 Å². The summed E-state index contributed by atoms with van der Waals surface area (Å²) >= 11 is 0. The van der Waals surface area contributed by atoms with Gasteiger partial charge in [0.2, 0.25) is 0 Å². The quantitative estimate of drug-likeness (QED) is 0.530. The topological polar surface area (TPSA) is 18.5 Å². The van der Waals surface area contributed by atoms with Crippen LogP contribution in [0.25, 0.3) is 0 Å². The van der Waals surface area contributed by atoms with Crippen molar-refractivity contribution in [1.82, 2.24) is 0 Å². The molecule has 0 atom stereocenters. The van der Waals surface area contributed by atoms with Gasteiger partial charge in [-0.3, -0.25) is 0 Å². The predicted molar refractivity (Wildman–Crippen MR) is 80.5 cm³/mol. The van der Waals surface area contributed by atoms with E-state index in [-0.39, 0.29) is 0 Å². The second kappa shape index (κ2) is 8.54. The number of hydrogen-bond donors (Lipinski definition) is 0. The molecule has 0 aliphatic carbocycles. The minimum atomic E-state index is 0.578. The summed E-state index contributed by atoms with van der Waals surface area (Å²) in [4.78, 5) is 0. The average molecular weight is 260 g/mol. The van der Waals surface area contributed by atoms with E-state index in [2.05, 4.69) is 39.8 Å². The van der Waals surface area contributed by atoms with Crippen LogP contribution in [0, 0.1) is 0 Å². The van der Waals surface area contributed by atoms with Gasteiger partial charge in [0, 0.05) is 5.56 Å². The molecule has 0 N–H and O–H groups in total. The first kappa shape index (κ1) is 15.5. The van der Waals surface area contributed by atoms with E-state index in [0.29, 0.717) is 19.8 Å². The fourth-order valence-electron chi connectivity index (χ4n) is 1.46. The van der Waals surface area contributed by atoms with E-state index in [1.54, 1.807) is 0 Å². The van der Waals surface area contributed by atoms with Crippen LogP contribution in [-0.2, 0) is 11.3 Å². The molecule has 0 fully saturated rings. The molecule has 0 saturated heterocycles. The van der Waals surface area contributed by atoms with Crippen LogP contribution in [-0.4, -0.2) is 13.2 Å². The van der Waals surface area contributed by atoms with Crippen LogP contribution in [0.2, 0.25) is 0 Å². The van der Waals surface area contributed by atoms with Crippen molar-refractivity contribution in [3.63, 3.8) is 0 Å². The summed E-state index contributed by atoms with van der Waals surface area (Å²) in [5, 5.41) is 0. The van der Waals surface area contributed by atoms with Gasteiger partial charge in [0.1, 0.15) is 12.4 Å². The summed E-state index contributed by atoms with van der Waals surface area (Å²) in [7, 11) is 0. The van der Waals surface area contributed by atoms with Crippen LogP contribution >= 0.6 is 0 Å². The first-order chi connectivity index (χ1) is 9.09. The third-order valence-electron chi connectivity index (χ3n) is 2.57. The third-order valence-corrected chi connectivity index (χ3v) is 2.57. The van der Waals surface area contributed by atoms with E-state index in [0.717, 1.165) is 11.3 Å². The Morgan fingerprint density at radius 2 is 1.58 bits per heavy atom. The number of hydrogen-bond acceptors (Lipinski definition) is 2. The minimum Gasteiger partial charge on any atom is -0.489 e. The highest BCUT2D eigenvalue weighted by molar-refractivity contribution is 5.32. The fourth-order valence-corrected chi connectivity index (χ4v) is 1.46. The van der Waals surface area contributed by atoms with Gasteiger partial charge >= 0.3 is 0 Å². The minimum absolute atomic E-state index is 0.578. The van der Waals surface area contributed by atoms with Gasteiger partial charge in [0.05, 0.1) is 13.2 Å². The molecule has 104 valence electrons. The largest absolute Gasteiger partial charge is 0.489 e. The van der Waals surface area contributed by atoms with Gasteiger partial charge in [-0.1, -0.05) is 35.4 Å². The Labute approximate surface area is 116 Å². The summed E-state index contributed by atoms with van der Waals surface area (Å²) in [6, 6.07) is 8.02. The van der Waals surface area contributed by atoms with Crippen molar-refractivity contribution in [3.8, 4) is 5.75 Å². The second-order valence-electron chi connectivity index (χ2n) is 5.00. The highest BCUT2D eigenvalue weighted by atomic mass is 16.5. The first-order valence-corrected chi connectivity index (χ1v) is 6.64. The zero-order valence-corrected chi connectivity index (χ0v) is 12.4. The zero-order valence-electron chi connectivity index (χ0n) is 12.4. The summed E-state index contributed by atoms with van der Waals surface area (Å²) in [5.74, 6) is 0.900. The summed E-state index contributed by atoms with van der Waals surface area (Å²) in [6.07, 6.45) is 4.15. The zero-order chi connectivity index (χ0) is 14.1. The monoisotopic (exact) mass is 260 g/mol. The van der Waals surface area contributed by atoms with Crippen molar-refractivity contribution in [2.24, 2.45) is 0 Å². The first-order valence-electron chi connectivity index (χ1n) is 6.64. The van der Waals surface area contributed by atoms with Crippen molar-refractivity contribution in [2.45, 2.75) is 34.3 Å². The van der Waals surface area contributed by atoms with Gasteiger partial charge in [-0.05, 0) is 39.8 Å². The maximum Gasteiger partial charge on any atom is 0.125 e. The van der Waals surface area contributed by atoms with E-state index >= 15 is 0 Å². The number of ether oxygens (including phenoxy) is 2. The van der Waals surface area contributed by atoms with Crippen molar-refractivity contribution in [1.29, 1.82) is 0 Å². The molecule has 0 unspecified atom stereocenters. The van der Waals surface area contributed by atoms with Crippen molar-refractivity contribution >= 4 is 0 Å². The van der Waals surface area contributed by atoms with E-state index in [1.807, 2.05) is 24.3 Å². The predicted octanol–water partition coefficient (Wildman–Crippen LogP) is 4.51. The fraction of sp³-hybridized carbons (Fsp3) is 0.412. The molecule has 0 aromatic heterocycles. The Morgan fingerprint density at radius 1 is 0.947 bits per heavy atom. The number of allylic oxidation sites excluding steroid dienone is 2. The SMILES string of the molecule is CC(C)=CCOCc1ccccc1OCC=C(C)C. The normalized spacial score (nSPS) is 9.89. The lowest BCUT2D eigenvalue weighted by molar-refractivity contribution is 0.145. The van der Waals surface area contributed by atoms with Gasteiger partial charge in [-0.2, -0.15) is 0 Å². The molecule has 0 radical (unpaired) electrons. The Morgan fingerprint density at radius 3 is 2.26 bits per heavy atom. The Balaban J connectivity index is 2.53. The van der Waals surface area contributed by atoms with Gasteiger partial charge in [-0.25, -0.2) is 0 Å². The number of benzene rings is 1. The van der Waals surface area contributed by atoms with Crippen LogP contribution in [0.1, 0.15) is 33.3 Å². The molecule has 0 aliphatic heterocycles. The molecule has 1 aromatic rings. The van der Waals surface area contributed by atoms with Crippen LogP contribution in [0.4, 0.5) is 0 Å². The molecule has 0 bridgehead atoms. The maximum absolute atomic E-state index is 5.75. The molecule has 0 saturated carbocycles. The van der Waals surface area contributed by atoms with Crippen molar-refractivity contribution in [3.05, 3.63) is 53.1 Å². The highest BCUT2D eigenvalue weighted by Gasteiger charge is 2.01. The van der Waals surface area contributed by atoms with E-state index in [9.17, 15) is 0 Å². The molecular weight excluding hydrogens is 236 g/mol. The summed E-state index contributed by atoms with van der Waals surface area (Å²) in [6.45, 7) is 10.1. The highest BCUT2D eigenvalue weighted by Crippen LogP contribution is 2.19. The molecule has 0 aliphatic rings. The molecule has 0 amide bonds. The summed E-state index contributed by atoms with van der Waals surface area (Å²) in [5.41, 5.74) is 3.62. The molecule has 1 aromatic carbocycles. The van der Waals surface area contributed by atoms with Gasteiger partial charge in [0.15, 0.2) is 0 Å². The lowest BCUT2D eigenvalue weighted by atomic mass is 10.2. The summed E-state index contributed by atoms with van der Waals surface area (Å²) < 4.78 is 11.4. The second-order valence-corrected chi connectivity index (χ2v) is 5.00. The number of para-hydroxylation sites is 1. The molecule has 1 rings (SSSR count). The van der Waals surface area contributed by atoms with Crippen LogP contribution in [0.15, 0.2) is 47.6 Å². The Kier molecular flexibility index (Phi) is 6.98. The van der Waals surface area contributed by atoms with Gasteiger partial charge in [-0.15, -0.1) is 0 Å². The van der Waals surface area contributed by atoms with Crippen molar-refractivity contribution in [2.75, 3.05) is 13.2 Å². The molecule has 19 heavy (non-hydrogen) atoms. The van der Waals surface area contributed by atoms with E-state index in [1.165, 1.54) is 11.1 Å². The Hall–Kier alpha value is -1.54. The van der Waals surface area contributed by atoms with Gasteiger partial charge in [0.25, 0.3) is 0 Å². The van der Waals surface area contributed by atoms with Crippen LogP contribution in [0.3, 0.4) is 0 Å². The Bertz CT molecular complexity index is 436. The maximum atomic E-state index is 5.75. The van der Waals surface area contributed by atoms with E-state index < -0.39 is 0 Å². The molecule has 0 heterocycles. The number of rotatable bonds is 7. The van der Waals surface area contributed by atoms with Crippen LogP contribution < -0.4 is 4.74 Å². The van der Waals surface area contributed by atoms with Crippen LogP contribution in [0.5, 0.6) is 5.75 Å². The third kappa shape index (κ3) is 6.82. The lowest BCUT2D eigenvalue weighted by Gasteiger charge is -2.10. The smallest absolute Gasteiger partial charge is 0.125 e. The molecule has 2 heteroatoms. The molecule has 0 spiro atoms. The molecule has 2 nitrogen and oxygen atoms in total. The molecular formula is C17H24O2. The average Bonchev–Trinajstić information content (AvgIpc) is 2.35. The lowest BCUT2D eigenvalue weighted by Crippen LogP contribution is -2.00. The van der Waals surface area contributed by atoms with Gasteiger partial charge < -0.3 is 9.47 Å². The van der Waals surface area contributed by atoms with E-state index in [4.69, 9.17) is 9.47 Å². The standard InChI is InChI=1S/C17H24O2/c1-14(2)9-11-18-13-16-7-5-6-8-17(16)19-12-10-15(3)4/h5-10H,11-13H2,1-4H3.